The molecule has 0 amide bonds. The van der Waals surface area contributed by atoms with E-state index in [9.17, 15) is 4.79 Å². The van der Waals surface area contributed by atoms with Crippen molar-refractivity contribution in [3.05, 3.63) is 12.7 Å². The van der Waals surface area contributed by atoms with Crippen LogP contribution in [-0.4, -0.2) is 25.7 Å². The number of rotatable bonds is 7. The first-order valence-electron chi connectivity index (χ1n) is 4.27. The summed E-state index contributed by atoms with van der Waals surface area (Å²) < 4.78 is 14.9. The van der Waals surface area contributed by atoms with Gasteiger partial charge < -0.3 is 14.2 Å². The predicted octanol–water partition coefficient (Wildman–Crippen LogP) is 1.46. The highest BCUT2D eigenvalue weighted by Gasteiger charge is 2.05. The van der Waals surface area contributed by atoms with Crippen LogP contribution in [0.15, 0.2) is 12.7 Å². The van der Waals surface area contributed by atoms with Gasteiger partial charge in [-0.1, -0.05) is 13.5 Å². The highest BCUT2D eigenvalue weighted by atomic mass is 16.8. The van der Waals surface area contributed by atoms with Gasteiger partial charge in [0.2, 0.25) is 0 Å². The van der Waals surface area contributed by atoms with Crippen LogP contribution in [-0.2, 0) is 19.0 Å². The Kier molecular flexibility index (Phi) is 7.24. The first-order valence-corrected chi connectivity index (χ1v) is 4.27. The third kappa shape index (κ3) is 6.31. The first kappa shape index (κ1) is 12.1. The van der Waals surface area contributed by atoms with E-state index in [0.717, 1.165) is 12.5 Å². The highest BCUT2D eigenvalue weighted by molar-refractivity contribution is 5.81. The lowest BCUT2D eigenvalue weighted by atomic mass is 10.5. The van der Waals surface area contributed by atoms with Gasteiger partial charge in [0, 0.05) is 12.7 Å². The van der Waals surface area contributed by atoms with E-state index in [2.05, 4.69) is 11.3 Å². The summed E-state index contributed by atoms with van der Waals surface area (Å²) in [6.07, 6.45) is 1.51. The second-order valence-corrected chi connectivity index (χ2v) is 2.25. The number of carbonyl (C=O) groups excluding carboxylic acids is 1. The molecule has 0 spiro atoms. The number of esters is 1. The standard InChI is InChI=1S/C9H16O4/c1-4-8(10)12-7-13-9(5-2)11-6-3/h4,9H,1,5-7H2,2-3H3. The largest absolute Gasteiger partial charge is 0.435 e. The maximum Gasteiger partial charge on any atom is 0.332 e. The minimum atomic E-state index is -0.494. The van der Waals surface area contributed by atoms with Gasteiger partial charge in [0.1, 0.15) is 0 Å². The van der Waals surface area contributed by atoms with Gasteiger partial charge in [-0.15, -0.1) is 0 Å². The van der Waals surface area contributed by atoms with Gasteiger partial charge >= 0.3 is 5.97 Å². The lowest BCUT2D eigenvalue weighted by Crippen LogP contribution is -2.19. The lowest BCUT2D eigenvalue weighted by Gasteiger charge is -2.14. The minimum absolute atomic E-state index is 0.0939. The van der Waals surface area contributed by atoms with Crippen molar-refractivity contribution in [3.63, 3.8) is 0 Å². The molecule has 0 N–H and O–H groups in total. The van der Waals surface area contributed by atoms with Crippen molar-refractivity contribution < 1.29 is 19.0 Å². The summed E-state index contributed by atoms with van der Waals surface area (Å²) >= 11 is 0. The SMILES string of the molecule is C=CC(=O)OCOC(CC)OCC. The topological polar surface area (TPSA) is 44.8 Å². The molecule has 13 heavy (non-hydrogen) atoms. The average Bonchev–Trinajstić information content (AvgIpc) is 2.16. The lowest BCUT2D eigenvalue weighted by molar-refractivity contribution is -0.196. The van der Waals surface area contributed by atoms with Crippen molar-refractivity contribution in [2.45, 2.75) is 26.6 Å². The molecule has 0 bridgehead atoms. The molecule has 0 aromatic rings. The van der Waals surface area contributed by atoms with Gasteiger partial charge in [-0.25, -0.2) is 4.79 Å². The molecule has 1 atom stereocenters. The summed E-state index contributed by atoms with van der Waals surface area (Å²) in [4.78, 5) is 10.6. The van der Waals surface area contributed by atoms with Crippen molar-refractivity contribution >= 4 is 5.97 Å². The van der Waals surface area contributed by atoms with Crippen LogP contribution >= 0.6 is 0 Å². The van der Waals surface area contributed by atoms with Crippen LogP contribution in [0, 0.1) is 0 Å². The fraction of sp³-hybridized carbons (Fsp3) is 0.667. The normalized spacial score (nSPS) is 12.2. The van der Waals surface area contributed by atoms with Crippen LogP contribution in [0.4, 0.5) is 0 Å². The molecule has 0 aromatic heterocycles. The van der Waals surface area contributed by atoms with Gasteiger partial charge in [0.25, 0.3) is 0 Å². The zero-order chi connectivity index (χ0) is 10.1. The quantitative estimate of drug-likeness (QED) is 0.344. The molecule has 4 heteroatoms. The number of ether oxygens (including phenoxy) is 3. The Morgan fingerprint density at radius 2 is 2.15 bits per heavy atom. The van der Waals surface area contributed by atoms with Crippen LogP contribution in [0.3, 0.4) is 0 Å². The molecular formula is C9H16O4. The van der Waals surface area contributed by atoms with Gasteiger partial charge in [-0.2, -0.15) is 0 Å². The molecule has 0 aliphatic heterocycles. The van der Waals surface area contributed by atoms with Gasteiger partial charge in [-0.3, -0.25) is 0 Å². The Morgan fingerprint density at radius 1 is 1.46 bits per heavy atom. The van der Waals surface area contributed by atoms with Crippen LogP contribution in [0.5, 0.6) is 0 Å². The van der Waals surface area contributed by atoms with Crippen LogP contribution in [0.2, 0.25) is 0 Å². The van der Waals surface area contributed by atoms with Crippen LogP contribution in [0.25, 0.3) is 0 Å². The molecule has 0 heterocycles. The molecule has 0 aliphatic rings. The fourth-order valence-corrected chi connectivity index (χ4v) is 0.697. The van der Waals surface area contributed by atoms with Gasteiger partial charge in [-0.05, 0) is 13.3 Å². The summed E-state index contributed by atoms with van der Waals surface area (Å²) in [6.45, 7) is 7.54. The van der Waals surface area contributed by atoms with Crippen molar-refractivity contribution in [3.8, 4) is 0 Å². The summed E-state index contributed by atoms with van der Waals surface area (Å²) in [5, 5.41) is 0. The van der Waals surface area contributed by atoms with Crippen molar-refractivity contribution in [1.29, 1.82) is 0 Å². The van der Waals surface area contributed by atoms with E-state index in [0.29, 0.717) is 6.61 Å². The van der Waals surface area contributed by atoms with Crippen LogP contribution in [0.1, 0.15) is 20.3 Å². The molecule has 4 nitrogen and oxygen atoms in total. The Hall–Kier alpha value is -0.870. The highest BCUT2D eigenvalue weighted by Crippen LogP contribution is 1.99. The summed E-state index contributed by atoms with van der Waals surface area (Å²) in [7, 11) is 0. The van der Waals surface area contributed by atoms with Gasteiger partial charge in [0.05, 0.1) is 0 Å². The number of carbonyl (C=O) groups is 1. The van der Waals surface area contributed by atoms with E-state index in [1.807, 2.05) is 13.8 Å². The summed E-state index contributed by atoms with van der Waals surface area (Å²) in [5.41, 5.74) is 0. The smallest absolute Gasteiger partial charge is 0.332 e. The Labute approximate surface area is 78.5 Å². The molecular weight excluding hydrogens is 172 g/mol. The Bertz CT molecular complexity index is 156. The molecule has 76 valence electrons. The maximum atomic E-state index is 10.6. The Balaban J connectivity index is 3.48. The Morgan fingerprint density at radius 3 is 2.62 bits per heavy atom. The molecule has 0 saturated heterocycles. The molecule has 0 aliphatic carbocycles. The molecule has 0 saturated carbocycles. The average molecular weight is 188 g/mol. The number of hydrogen-bond acceptors (Lipinski definition) is 4. The predicted molar refractivity (Wildman–Crippen MR) is 47.9 cm³/mol. The zero-order valence-electron chi connectivity index (χ0n) is 8.12. The zero-order valence-corrected chi connectivity index (χ0v) is 8.12. The molecule has 0 fully saturated rings. The van der Waals surface area contributed by atoms with Gasteiger partial charge in [0.15, 0.2) is 13.1 Å². The van der Waals surface area contributed by atoms with E-state index in [1.165, 1.54) is 0 Å². The van der Waals surface area contributed by atoms with E-state index in [4.69, 9.17) is 9.47 Å². The van der Waals surface area contributed by atoms with E-state index in [-0.39, 0.29) is 13.1 Å². The second-order valence-electron chi connectivity index (χ2n) is 2.25. The van der Waals surface area contributed by atoms with Crippen LogP contribution < -0.4 is 0 Å². The van der Waals surface area contributed by atoms with E-state index in [1.54, 1.807) is 0 Å². The van der Waals surface area contributed by atoms with Crippen molar-refractivity contribution in [2.75, 3.05) is 13.4 Å². The number of hydrogen-bond donors (Lipinski definition) is 0. The minimum Gasteiger partial charge on any atom is -0.435 e. The molecule has 1 unspecified atom stereocenters. The summed E-state index contributed by atoms with van der Waals surface area (Å²) in [6, 6.07) is 0. The summed E-state index contributed by atoms with van der Waals surface area (Å²) in [5.74, 6) is -0.494. The maximum absolute atomic E-state index is 10.6. The monoisotopic (exact) mass is 188 g/mol. The fourth-order valence-electron chi connectivity index (χ4n) is 0.697. The molecule has 0 aromatic carbocycles. The van der Waals surface area contributed by atoms with E-state index < -0.39 is 5.97 Å². The third-order valence-corrected chi connectivity index (χ3v) is 1.31. The molecule has 0 rings (SSSR count). The molecule has 0 radical (unpaired) electrons. The first-order chi connectivity index (χ1) is 6.24. The van der Waals surface area contributed by atoms with Crippen molar-refractivity contribution in [2.24, 2.45) is 0 Å². The second kappa shape index (κ2) is 7.76. The van der Waals surface area contributed by atoms with E-state index >= 15 is 0 Å². The van der Waals surface area contributed by atoms with Crippen molar-refractivity contribution in [1.82, 2.24) is 0 Å². The third-order valence-electron chi connectivity index (χ3n) is 1.31.